The predicted octanol–water partition coefficient (Wildman–Crippen LogP) is 0.705. The molecule has 4 atom stereocenters. The van der Waals surface area contributed by atoms with E-state index in [1.165, 1.54) is 16.9 Å². The second kappa shape index (κ2) is 8.65. The molecule has 0 aromatic carbocycles. The summed E-state index contributed by atoms with van der Waals surface area (Å²) >= 11 is 0. The van der Waals surface area contributed by atoms with Crippen molar-refractivity contribution in [3.63, 3.8) is 0 Å². The van der Waals surface area contributed by atoms with Crippen molar-refractivity contribution in [2.75, 3.05) is 19.6 Å². The van der Waals surface area contributed by atoms with E-state index >= 15 is 0 Å². The Morgan fingerprint density at radius 3 is 2.88 bits per heavy atom. The SMILES string of the molecule is Cn1nccc1C(=O)NC[C@H]1[C@H]2CN(C(=O)c3ccncc3F)C[C@]23CC[C@H]1O3.O=CO. The summed E-state index contributed by atoms with van der Waals surface area (Å²) in [5.74, 6) is -0.870. The summed E-state index contributed by atoms with van der Waals surface area (Å²) in [6.07, 6.45) is 5.95. The average molecular weight is 445 g/mol. The van der Waals surface area contributed by atoms with E-state index in [4.69, 9.17) is 14.6 Å². The van der Waals surface area contributed by atoms with Crippen LogP contribution in [-0.4, -0.2) is 74.4 Å². The Morgan fingerprint density at radius 1 is 1.41 bits per heavy atom. The molecule has 0 radical (unpaired) electrons. The molecule has 5 heterocycles. The molecule has 3 aliphatic heterocycles. The lowest BCUT2D eigenvalue weighted by molar-refractivity contribution is -0.122. The maximum atomic E-state index is 14.0. The molecule has 3 fully saturated rings. The van der Waals surface area contributed by atoms with E-state index < -0.39 is 5.82 Å². The summed E-state index contributed by atoms with van der Waals surface area (Å²) in [5.41, 5.74) is 0.151. The van der Waals surface area contributed by atoms with Gasteiger partial charge in [-0.25, -0.2) is 4.39 Å². The van der Waals surface area contributed by atoms with Gasteiger partial charge >= 0.3 is 0 Å². The smallest absolute Gasteiger partial charge is 0.290 e. The first-order valence-corrected chi connectivity index (χ1v) is 10.3. The summed E-state index contributed by atoms with van der Waals surface area (Å²) in [5, 5.41) is 13.9. The van der Waals surface area contributed by atoms with Crippen LogP contribution in [0.3, 0.4) is 0 Å². The average Bonchev–Trinajstić information content (AvgIpc) is 3.53. The van der Waals surface area contributed by atoms with E-state index in [9.17, 15) is 14.0 Å². The van der Waals surface area contributed by atoms with E-state index in [2.05, 4.69) is 15.4 Å². The van der Waals surface area contributed by atoms with Gasteiger partial charge in [-0.1, -0.05) is 0 Å². The van der Waals surface area contributed by atoms with Gasteiger partial charge in [0, 0.05) is 44.4 Å². The van der Waals surface area contributed by atoms with Crippen molar-refractivity contribution in [1.29, 1.82) is 0 Å². The van der Waals surface area contributed by atoms with E-state index in [0.29, 0.717) is 25.3 Å². The normalized spacial score (nSPS) is 27.4. The molecule has 2 amide bonds. The molecule has 0 unspecified atom stereocenters. The third kappa shape index (κ3) is 3.72. The molecule has 1 spiro atoms. The number of ether oxygens (including phenoxy) is 1. The first-order valence-electron chi connectivity index (χ1n) is 10.3. The molecule has 32 heavy (non-hydrogen) atoms. The topological polar surface area (TPSA) is 127 Å². The first-order chi connectivity index (χ1) is 15.4. The molecule has 0 aliphatic carbocycles. The van der Waals surface area contributed by atoms with Gasteiger partial charge < -0.3 is 20.1 Å². The third-order valence-electron chi connectivity index (χ3n) is 6.63. The van der Waals surface area contributed by atoms with E-state index in [1.54, 1.807) is 24.2 Å². The number of nitrogens with zero attached hydrogens (tertiary/aromatic N) is 4. The van der Waals surface area contributed by atoms with Crippen molar-refractivity contribution in [3.8, 4) is 0 Å². The minimum atomic E-state index is -0.614. The van der Waals surface area contributed by atoms with Gasteiger partial charge in [0.15, 0.2) is 5.82 Å². The summed E-state index contributed by atoms with van der Waals surface area (Å²) in [4.78, 5) is 39.1. The number of aryl methyl sites for hydroxylation is 1. The first kappa shape index (κ1) is 21.9. The van der Waals surface area contributed by atoms with Crippen LogP contribution in [0, 0.1) is 17.7 Å². The third-order valence-corrected chi connectivity index (χ3v) is 6.63. The fourth-order valence-corrected chi connectivity index (χ4v) is 5.23. The quantitative estimate of drug-likeness (QED) is 0.664. The van der Waals surface area contributed by atoms with Gasteiger partial charge in [0.2, 0.25) is 0 Å². The standard InChI is InChI=1S/C20H22FN5O3.CH2O2/c1-25-16(4-7-24-25)18(27)23-8-13-14-10-26(11-20(14)5-2-17(13)29-20)19(28)12-3-6-22-9-15(12)21;2-1-3/h3-4,6-7,9,13-14,17H,2,5,8,10-11H2,1H3,(H,23,27);1H,(H,2,3)/t13-,14+,17+,20+;/m0./s1. The fourth-order valence-electron chi connectivity index (χ4n) is 5.23. The number of amides is 2. The Bertz CT molecular complexity index is 1030. The number of pyridine rings is 1. The number of nitrogens with one attached hydrogen (secondary N) is 1. The van der Waals surface area contributed by atoms with Crippen LogP contribution in [0.2, 0.25) is 0 Å². The lowest BCUT2D eigenvalue weighted by Crippen LogP contribution is -2.42. The number of likely N-dealkylation sites (tertiary alicyclic amines) is 1. The number of aromatic nitrogens is 3. The highest BCUT2D eigenvalue weighted by Gasteiger charge is 2.63. The van der Waals surface area contributed by atoms with Gasteiger partial charge in [-0.2, -0.15) is 5.10 Å². The van der Waals surface area contributed by atoms with Crippen LogP contribution in [0.5, 0.6) is 0 Å². The second-order valence-electron chi connectivity index (χ2n) is 8.23. The Hall–Kier alpha value is -3.34. The van der Waals surface area contributed by atoms with Crippen molar-refractivity contribution in [1.82, 2.24) is 25.0 Å². The zero-order chi connectivity index (χ0) is 22.9. The summed E-state index contributed by atoms with van der Waals surface area (Å²) < 4.78 is 21.9. The molecule has 3 saturated heterocycles. The van der Waals surface area contributed by atoms with E-state index in [1.807, 2.05) is 0 Å². The highest BCUT2D eigenvalue weighted by atomic mass is 19.1. The Labute approximate surface area is 183 Å². The van der Waals surface area contributed by atoms with Gasteiger partial charge in [-0.3, -0.25) is 24.0 Å². The lowest BCUT2D eigenvalue weighted by atomic mass is 9.73. The van der Waals surface area contributed by atoms with E-state index in [0.717, 1.165) is 19.0 Å². The maximum absolute atomic E-state index is 14.0. The molecule has 11 heteroatoms. The van der Waals surface area contributed by atoms with Crippen LogP contribution < -0.4 is 5.32 Å². The van der Waals surface area contributed by atoms with Crippen LogP contribution >= 0.6 is 0 Å². The number of hydrogen-bond acceptors (Lipinski definition) is 6. The fraction of sp³-hybridized carbons (Fsp3) is 0.476. The Kier molecular flexibility index (Phi) is 5.92. The monoisotopic (exact) mass is 445 g/mol. The number of fused-ring (bicyclic) bond motifs is 1. The van der Waals surface area contributed by atoms with Gasteiger partial charge in [0.05, 0.1) is 30.0 Å². The van der Waals surface area contributed by atoms with Gasteiger partial charge in [-0.05, 0) is 25.0 Å². The molecule has 2 bridgehead atoms. The van der Waals surface area contributed by atoms with Gasteiger partial charge in [0.1, 0.15) is 5.69 Å². The van der Waals surface area contributed by atoms with E-state index in [-0.39, 0.29) is 47.4 Å². The number of carbonyl (C=O) groups excluding carboxylic acids is 2. The zero-order valence-electron chi connectivity index (χ0n) is 17.5. The van der Waals surface area contributed by atoms with Gasteiger partial charge in [0.25, 0.3) is 18.3 Å². The Morgan fingerprint density at radius 2 is 2.19 bits per heavy atom. The molecule has 170 valence electrons. The van der Waals surface area contributed by atoms with Gasteiger partial charge in [-0.15, -0.1) is 0 Å². The predicted molar refractivity (Wildman–Crippen MR) is 108 cm³/mol. The highest BCUT2D eigenvalue weighted by molar-refractivity contribution is 5.94. The van der Waals surface area contributed by atoms with Crippen LogP contribution in [0.1, 0.15) is 33.7 Å². The maximum Gasteiger partial charge on any atom is 0.290 e. The number of hydrogen-bond donors (Lipinski definition) is 2. The van der Waals surface area contributed by atoms with Crippen LogP contribution in [-0.2, 0) is 16.6 Å². The molecule has 0 saturated carbocycles. The summed E-state index contributed by atoms with van der Waals surface area (Å²) in [6.45, 7) is 1.19. The number of halogens is 1. The number of carbonyl (C=O) groups is 3. The molecule has 3 aliphatic rings. The molecule has 2 aromatic heterocycles. The van der Waals surface area contributed by atoms with Crippen LogP contribution in [0.25, 0.3) is 0 Å². The second-order valence-corrected chi connectivity index (χ2v) is 8.23. The minimum Gasteiger partial charge on any atom is -0.483 e. The molecule has 10 nitrogen and oxygen atoms in total. The van der Waals surface area contributed by atoms with Crippen molar-refractivity contribution in [2.45, 2.75) is 24.5 Å². The minimum absolute atomic E-state index is 0.0342. The molecule has 2 aromatic rings. The number of carboxylic acid groups (broad SMARTS) is 1. The van der Waals surface area contributed by atoms with Crippen LogP contribution in [0.4, 0.5) is 4.39 Å². The van der Waals surface area contributed by atoms with Crippen molar-refractivity contribution >= 4 is 18.3 Å². The summed E-state index contributed by atoms with van der Waals surface area (Å²) in [7, 11) is 1.73. The Balaban J connectivity index is 0.000000775. The molecule has 2 N–H and O–H groups in total. The number of rotatable bonds is 4. The lowest BCUT2D eigenvalue weighted by Gasteiger charge is -2.29. The van der Waals surface area contributed by atoms with Crippen molar-refractivity contribution < 1.29 is 28.6 Å². The zero-order valence-corrected chi connectivity index (χ0v) is 17.5. The molecular weight excluding hydrogens is 421 g/mol. The van der Waals surface area contributed by atoms with Crippen LogP contribution in [0.15, 0.2) is 30.7 Å². The van der Waals surface area contributed by atoms with Crippen molar-refractivity contribution in [2.24, 2.45) is 18.9 Å². The largest absolute Gasteiger partial charge is 0.483 e. The summed E-state index contributed by atoms with van der Waals surface area (Å²) in [6, 6.07) is 3.08. The molecule has 5 rings (SSSR count). The molecular formula is C21H24FN5O5. The highest BCUT2D eigenvalue weighted by Crippen LogP contribution is 2.54. The van der Waals surface area contributed by atoms with Crippen molar-refractivity contribution in [3.05, 3.63) is 47.8 Å².